The normalized spacial score (nSPS) is 20.2. The van der Waals surface area contributed by atoms with E-state index in [0.29, 0.717) is 32.7 Å². The largest absolute Gasteiger partial charge is 0.465 e. The molecule has 132 valence electrons. The molecule has 0 N–H and O–H groups in total. The highest BCUT2D eigenvalue weighted by atomic mass is 16.5. The van der Waals surface area contributed by atoms with E-state index in [-0.39, 0.29) is 11.9 Å². The van der Waals surface area contributed by atoms with Gasteiger partial charge in [0.05, 0.1) is 26.3 Å². The highest BCUT2D eigenvalue weighted by molar-refractivity contribution is 5.72. The molecule has 0 unspecified atom stereocenters. The minimum absolute atomic E-state index is 0.174. The number of nitrogens with zero attached hydrogens (tertiary/aromatic N) is 2. The van der Waals surface area contributed by atoms with E-state index in [4.69, 9.17) is 9.47 Å². The van der Waals surface area contributed by atoms with Crippen LogP contribution in [0.25, 0.3) is 0 Å². The number of carbonyl (C=O) groups is 2. The van der Waals surface area contributed by atoms with Crippen molar-refractivity contribution in [2.24, 2.45) is 0 Å². The minimum Gasteiger partial charge on any atom is -0.465 e. The lowest BCUT2D eigenvalue weighted by Crippen LogP contribution is -2.35. The van der Waals surface area contributed by atoms with Gasteiger partial charge in [-0.15, -0.1) is 0 Å². The quantitative estimate of drug-likeness (QED) is 0.497. The summed E-state index contributed by atoms with van der Waals surface area (Å²) >= 11 is 0. The fraction of sp³-hybridized carbons (Fsp3) is 0.882. The fourth-order valence-electron chi connectivity index (χ4n) is 3.12. The second-order valence-corrected chi connectivity index (χ2v) is 6.47. The summed E-state index contributed by atoms with van der Waals surface area (Å²) in [6.07, 6.45) is 7.75. The van der Waals surface area contributed by atoms with Crippen molar-refractivity contribution in [3.05, 3.63) is 0 Å². The zero-order chi connectivity index (χ0) is 16.3. The number of hydrogen-bond donors (Lipinski definition) is 0. The molecular weight excluding hydrogens is 296 g/mol. The number of esters is 2. The summed E-state index contributed by atoms with van der Waals surface area (Å²) in [7, 11) is 0. The monoisotopic (exact) mass is 326 g/mol. The van der Waals surface area contributed by atoms with E-state index in [0.717, 1.165) is 26.2 Å². The summed E-state index contributed by atoms with van der Waals surface area (Å²) in [5.41, 5.74) is 0. The van der Waals surface area contributed by atoms with Crippen LogP contribution in [0.4, 0.5) is 0 Å². The Labute approximate surface area is 139 Å². The number of piperidine rings is 2. The van der Waals surface area contributed by atoms with Crippen LogP contribution in [-0.2, 0) is 19.1 Å². The average Bonchev–Trinajstić information content (AvgIpc) is 2.56. The number of carbonyl (C=O) groups excluding carboxylic acids is 2. The first-order valence-electron chi connectivity index (χ1n) is 9.00. The standard InChI is InChI=1S/C17H30N2O4/c20-16(14-18-8-3-1-4-9-18)22-12-7-13-23-17(21)15-19-10-5-2-6-11-19/h1-15H2. The van der Waals surface area contributed by atoms with Crippen LogP contribution in [0.15, 0.2) is 0 Å². The number of hydrogen-bond acceptors (Lipinski definition) is 6. The van der Waals surface area contributed by atoms with Gasteiger partial charge in [-0.05, 0) is 51.9 Å². The van der Waals surface area contributed by atoms with E-state index in [2.05, 4.69) is 9.80 Å². The third kappa shape index (κ3) is 7.79. The van der Waals surface area contributed by atoms with Crippen LogP contribution in [-0.4, -0.2) is 74.2 Å². The molecule has 2 aliphatic rings. The van der Waals surface area contributed by atoms with Gasteiger partial charge < -0.3 is 9.47 Å². The maximum Gasteiger partial charge on any atom is 0.320 e. The highest BCUT2D eigenvalue weighted by Gasteiger charge is 2.16. The third-order valence-electron chi connectivity index (χ3n) is 4.42. The molecule has 2 heterocycles. The van der Waals surface area contributed by atoms with Gasteiger partial charge in [0.15, 0.2) is 0 Å². The van der Waals surface area contributed by atoms with Crippen LogP contribution in [0.3, 0.4) is 0 Å². The molecule has 0 radical (unpaired) electrons. The first kappa shape index (κ1) is 18.2. The van der Waals surface area contributed by atoms with Crippen LogP contribution in [0.2, 0.25) is 0 Å². The lowest BCUT2D eigenvalue weighted by molar-refractivity contribution is -0.147. The molecule has 23 heavy (non-hydrogen) atoms. The summed E-state index contributed by atoms with van der Waals surface area (Å²) < 4.78 is 10.4. The molecule has 0 aromatic carbocycles. The Hall–Kier alpha value is -1.14. The van der Waals surface area contributed by atoms with Crippen LogP contribution >= 0.6 is 0 Å². The Kier molecular flexibility index (Phi) is 8.39. The van der Waals surface area contributed by atoms with Crippen molar-refractivity contribution in [3.63, 3.8) is 0 Å². The van der Waals surface area contributed by atoms with Crippen molar-refractivity contribution >= 4 is 11.9 Å². The van der Waals surface area contributed by atoms with Crippen LogP contribution in [0, 0.1) is 0 Å². The number of rotatable bonds is 8. The molecule has 0 atom stereocenters. The topological polar surface area (TPSA) is 59.1 Å². The summed E-state index contributed by atoms with van der Waals surface area (Å²) in [6.45, 7) is 5.37. The van der Waals surface area contributed by atoms with Gasteiger partial charge in [-0.3, -0.25) is 19.4 Å². The van der Waals surface area contributed by atoms with E-state index >= 15 is 0 Å². The Morgan fingerprint density at radius 3 is 1.43 bits per heavy atom. The van der Waals surface area contributed by atoms with Gasteiger partial charge in [-0.2, -0.15) is 0 Å². The Morgan fingerprint density at radius 1 is 0.652 bits per heavy atom. The lowest BCUT2D eigenvalue weighted by Gasteiger charge is -2.25. The Balaban J connectivity index is 1.45. The Morgan fingerprint density at radius 2 is 1.04 bits per heavy atom. The van der Waals surface area contributed by atoms with Crippen molar-refractivity contribution in [1.29, 1.82) is 0 Å². The van der Waals surface area contributed by atoms with Crippen molar-refractivity contribution < 1.29 is 19.1 Å². The molecule has 0 aromatic rings. The van der Waals surface area contributed by atoms with E-state index in [9.17, 15) is 9.59 Å². The van der Waals surface area contributed by atoms with E-state index in [1.54, 1.807) is 0 Å². The van der Waals surface area contributed by atoms with Gasteiger partial charge in [-0.1, -0.05) is 12.8 Å². The van der Waals surface area contributed by atoms with Crippen molar-refractivity contribution in [1.82, 2.24) is 9.80 Å². The summed E-state index contributed by atoms with van der Waals surface area (Å²) in [5, 5.41) is 0. The Bertz CT molecular complexity index is 330. The molecule has 2 rings (SSSR count). The molecule has 0 aliphatic carbocycles. The molecular formula is C17H30N2O4. The van der Waals surface area contributed by atoms with Gasteiger partial charge in [-0.25, -0.2) is 0 Å². The van der Waals surface area contributed by atoms with Gasteiger partial charge in [0, 0.05) is 6.42 Å². The first-order chi connectivity index (χ1) is 11.2. The summed E-state index contributed by atoms with van der Waals surface area (Å²) in [4.78, 5) is 27.7. The highest BCUT2D eigenvalue weighted by Crippen LogP contribution is 2.09. The minimum atomic E-state index is -0.174. The van der Waals surface area contributed by atoms with Crippen molar-refractivity contribution in [2.75, 3.05) is 52.5 Å². The molecule has 2 fully saturated rings. The average molecular weight is 326 g/mol. The second kappa shape index (κ2) is 10.6. The summed E-state index contributed by atoms with van der Waals surface area (Å²) in [5.74, 6) is -0.349. The zero-order valence-electron chi connectivity index (χ0n) is 14.1. The predicted molar refractivity (Wildman–Crippen MR) is 87.1 cm³/mol. The van der Waals surface area contributed by atoms with Crippen LogP contribution in [0.5, 0.6) is 0 Å². The number of ether oxygens (including phenoxy) is 2. The van der Waals surface area contributed by atoms with E-state index in [1.165, 1.54) is 38.5 Å². The molecule has 0 aromatic heterocycles. The van der Waals surface area contributed by atoms with Crippen molar-refractivity contribution in [2.45, 2.75) is 44.9 Å². The zero-order valence-corrected chi connectivity index (χ0v) is 14.1. The first-order valence-corrected chi connectivity index (χ1v) is 9.00. The van der Waals surface area contributed by atoms with Crippen LogP contribution in [0.1, 0.15) is 44.9 Å². The van der Waals surface area contributed by atoms with Crippen LogP contribution < -0.4 is 0 Å². The molecule has 0 saturated carbocycles. The molecule has 2 saturated heterocycles. The summed E-state index contributed by atoms with van der Waals surface area (Å²) in [6, 6.07) is 0. The van der Waals surface area contributed by atoms with E-state index in [1.807, 2.05) is 0 Å². The smallest absolute Gasteiger partial charge is 0.320 e. The number of likely N-dealkylation sites (tertiary alicyclic amines) is 2. The van der Waals surface area contributed by atoms with Gasteiger partial charge in [0.2, 0.25) is 0 Å². The maximum atomic E-state index is 11.7. The predicted octanol–water partition coefficient (Wildman–Crippen LogP) is 1.43. The van der Waals surface area contributed by atoms with Gasteiger partial charge >= 0.3 is 11.9 Å². The molecule has 6 nitrogen and oxygen atoms in total. The molecule has 0 amide bonds. The SMILES string of the molecule is O=C(CN1CCCCC1)OCCCOC(=O)CN1CCCCC1. The van der Waals surface area contributed by atoms with Gasteiger partial charge in [0.25, 0.3) is 0 Å². The van der Waals surface area contributed by atoms with Crippen molar-refractivity contribution in [3.8, 4) is 0 Å². The molecule has 2 aliphatic heterocycles. The third-order valence-corrected chi connectivity index (χ3v) is 4.42. The van der Waals surface area contributed by atoms with E-state index < -0.39 is 0 Å². The second-order valence-electron chi connectivity index (χ2n) is 6.47. The fourth-order valence-corrected chi connectivity index (χ4v) is 3.12. The maximum absolute atomic E-state index is 11.7. The van der Waals surface area contributed by atoms with Gasteiger partial charge in [0.1, 0.15) is 0 Å². The molecule has 6 heteroatoms. The molecule has 0 spiro atoms. The lowest BCUT2D eigenvalue weighted by atomic mass is 10.1. The molecule has 0 bridgehead atoms.